The van der Waals surface area contributed by atoms with Crippen LogP contribution in [0.2, 0.25) is 0 Å². The molecule has 0 fully saturated rings. The second kappa shape index (κ2) is 7.60. The molecule has 0 aliphatic heterocycles. The SMILES string of the molecule is C=CCCCCC(CC)C(=O)N(C)C. The Hall–Kier alpha value is -0.790. The number of hydrogen-bond acceptors (Lipinski definition) is 1. The normalized spacial score (nSPS) is 12.2. The van der Waals surface area contributed by atoms with Crippen molar-refractivity contribution in [2.75, 3.05) is 14.1 Å². The molecule has 0 spiro atoms. The van der Waals surface area contributed by atoms with Gasteiger partial charge in [-0.3, -0.25) is 4.79 Å². The van der Waals surface area contributed by atoms with Gasteiger partial charge in [-0.15, -0.1) is 6.58 Å². The van der Waals surface area contributed by atoms with Gasteiger partial charge in [-0.2, -0.15) is 0 Å². The van der Waals surface area contributed by atoms with Crippen molar-refractivity contribution in [3.8, 4) is 0 Å². The third-order valence-corrected chi connectivity index (χ3v) is 2.49. The van der Waals surface area contributed by atoms with Crippen molar-refractivity contribution in [3.63, 3.8) is 0 Å². The first-order valence-electron chi connectivity index (χ1n) is 5.45. The summed E-state index contributed by atoms with van der Waals surface area (Å²) in [5, 5.41) is 0. The summed E-state index contributed by atoms with van der Waals surface area (Å²) in [6.45, 7) is 5.77. The molecular formula is C12H23NO. The Labute approximate surface area is 88.0 Å². The fourth-order valence-electron chi connectivity index (χ4n) is 1.55. The smallest absolute Gasteiger partial charge is 0.225 e. The van der Waals surface area contributed by atoms with E-state index >= 15 is 0 Å². The van der Waals surface area contributed by atoms with E-state index in [1.54, 1.807) is 4.90 Å². The summed E-state index contributed by atoms with van der Waals surface area (Å²) >= 11 is 0. The van der Waals surface area contributed by atoms with E-state index in [4.69, 9.17) is 0 Å². The van der Waals surface area contributed by atoms with Crippen LogP contribution in [0.15, 0.2) is 12.7 Å². The fraction of sp³-hybridized carbons (Fsp3) is 0.750. The maximum Gasteiger partial charge on any atom is 0.225 e. The van der Waals surface area contributed by atoms with Gasteiger partial charge in [0.1, 0.15) is 0 Å². The van der Waals surface area contributed by atoms with Crippen LogP contribution in [0.5, 0.6) is 0 Å². The first-order chi connectivity index (χ1) is 6.63. The first kappa shape index (κ1) is 13.2. The molecule has 2 nitrogen and oxygen atoms in total. The average Bonchev–Trinajstić information content (AvgIpc) is 2.17. The summed E-state index contributed by atoms with van der Waals surface area (Å²) in [7, 11) is 3.66. The lowest BCUT2D eigenvalue weighted by Gasteiger charge is -2.18. The Morgan fingerprint density at radius 2 is 2.07 bits per heavy atom. The highest BCUT2D eigenvalue weighted by Crippen LogP contribution is 2.15. The quantitative estimate of drug-likeness (QED) is 0.454. The third kappa shape index (κ3) is 5.05. The average molecular weight is 197 g/mol. The molecule has 0 rings (SSSR count). The van der Waals surface area contributed by atoms with E-state index in [-0.39, 0.29) is 11.8 Å². The fourth-order valence-corrected chi connectivity index (χ4v) is 1.55. The topological polar surface area (TPSA) is 20.3 Å². The zero-order valence-electron chi connectivity index (χ0n) is 9.75. The molecule has 0 saturated carbocycles. The highest BCUT2D eigenvalue weighted by molar-refractivity contribution is 5.78. The molecule has 1 atom stereocenters. The molecule has 0 aromatic heterocycles. The van der Waals surface area contributed by atoms with Crippen LogP contribution in [0.25, 0.3) is 0 Å². The summed E-state index contributed by atoms with van der Waals surface area (Å²) < 4.78 is 0. The number of nitrogens with zero attached hydrogens (tertiary/aromatic N) is 1. The zero-order chi connectivity index (χ0) is 11.0. The molecule has 0 radical (unpaired) electrons. The van der Waals surface area contributed by atoms with Gasteiger partial charge in [-0.1, -0.05) is 19.4 Å². The van der Waals surface area contributed by atoms with Crippen LogP contribution >= 0.6 is 0 Å². The molecule has 0 aromatic rings. The molecule has 1 amide bonds. The number of carbonyl (C=O) groups is 1. The molecule has 82 valence electrons. The second-order valence-corrected chi connectivity index (χ2v) is 3.91. The van der Waals surface area contributed by atoms with Crippen LogP contribution in [0, 0.1) is 5.92 Å². The van der Waals surface area contributed by atoms with E-state index in [2.05, 4.69) is 13.5 Å². The Morgan fingerprint density at radius 1 is 1.43 bits per heavy atom. The van der Waals surface area contributed by atoms with Gasteiger partial charge in [-0.25, -0.2) is 0 Å². The van der Waals surface area contributed by atoms with Crippen LogP contribution in [0.1, 0.15) is 39.0 Å². The van der Waals surface area contributed by atoms with Crippen LogP contribution in [-0.4, -0.2) is 24.9 Å². The van der Waals surface area contributed by atoms with Crippen molar-refractivity contribution in [1.82, 2.24) is 4.90 Å². The summed E-state index contributed by atoms with van der Waals surface area (Å²) in [4.78, 5) is 13.3. The lowest BCUT2D eigenvalue weighted by atomic mass is 9.97. The molecule has 0 saturated heterocycles. The number of allylic oxidation sites excluding steroid dienone is 1. The molecule has 0 aromatic carbocycles. The lowest BCUT2D eigenvalue weighted by Crippen LogP contribution is -2.29. The number of amides is 1. The van der Waals surface area contributed by atoms with Gasteiger partial charge in [-0.05, 0) is 25.7 Å². The van der Waals surface area contributed by atoms with E-state index in [9.17, 15) is 4.79 Å². The maximum absolute atomic E-state index is 11.6. The minimum atomic E-state index is 0.217. The van der Waals surface area contributed by atoms with E-state index in [1.165, 1.54) is 0 Å². The van der Waals surface area contributed by atoms with Gasteiger partial charge in [0.05, 0.1) is 0 Å². The molecule has 14 heavy (non-hydrogen) atoms. The predicted octanol–water partition coefficient (Wildman–Crippen LogP) is 2.85. The highest BCUT2D eigenvalue weighted by atomic mass is 16.2. The lowest BCUT2D eigenvalue weighted by molar-refractivity contribution is -0.133. The van der Waals surface area contributed by atoms with Gasteiger partial charge in [0.15, 0.2) is 0 Å². The van der Waals surface area contributed by atoms with Crippen LogP contribution < -0.4 is 0 Å². The molecule has 0 aliphatic rings. The van der Waals surface area contributed by atoms with Crippen molar-refractivity contribution in [3.05, 3.63) is 12.7 Å². The number of rotatable bonds is 7. The molecule has 0 bridgehead atoms. The standard InChI is InChI=1S/C12H23NO/c1-5-7-8-9-10-11(6-2)12(14)13(3)4/h5,11H,1,6-10H2,2-4H3. The summed E-state index contributed by atoms with van der Waals surface area (Å²) in [6, 6.07) is 0. The van der Waals surface area contributed by atoms with Crippen molar-refractivity contribution in [1.29, 1.82) is 0 Å². The molecule has 0 aliphatic carbocycles. The predicted molar refractivity (Wildman–Crippen MR) is 61.1 cm³/mol. The van der Waals surface area contributed by atoms with Crippen molar-refractivity contribution in [2.45, 2.75) is 39.0 Å². The Bertz CT molecular complexity index is 175. The largest absolute Gasteiger partial charge is 0.349 e. The third-order valence-electron chi connectivity index (χ3n) is 2.49. The van der Waals surface area contributed by atoms with E-state index in [1.807, 2.05) is 20.2 Å². The van der Waals surface area contributed by atoms with Crippen LogP contribution in [0.4, 0.5) is 0 Å². The van der Waals surface area contributed by atoms with E-state index in [0.717, 1.165) is 32.1 Å². The van der Waals surface area contributed by atoms with E-state index < -0.39 is 0 Å². The number of carbonyl (C=O) groups excluding carboxylic acids is 1. The van der Waals surface area contributed by atoms with Crippen molar-refractivity contribution >= 4 is 5.91 Å². The maximum atomic E-state index is 11.6. The Kier molecular flexibility index (Phi) is 7.17. The van der Waals surface area contributed by atoms with Gasteiger partial charge in [0.2, 0.25) is 5.91 Å². The van der Waals surface area contributed by atoms with Crippen LogP contribution in [0.3, 0.4) is 0 Å². The Balaban J connectivity index is 3.79. The molecule has 0 N–H and O–H groups in total. The van der Waals surface area contributed by atoms with Gasteiger partial charge in [0, 0.05) is 20.0 Å². The van der Waals surface area contributed by atoms with Crippen molar-refractivity contribution in [2.24, 2.45) is 5.92 Å². The Morgan fingerprint density at radius 3 is 2.50 bits per heavy atom. The molecule has 1 unspecified atom stereocenters. The summed E-state index contributed by atoms with van der Waals surface area (Å²) in [5.41, 5.74) is 0. The first-order valence-corrected chi connectivity index (χ1v) is 5.45. The number of hydrogen-bond donors (Lipinski definition) is 0. The highest BCUT2D eigenvalue weighted by Gasteiger charge is 2.16. The summed E-state index contributed by atoms with van der Waals surface area (Å²) in [6.07, 6.45) is 7.25. The molecule has 2 heteroatoms. The number of unbranched alkanes of at least 4 members (excludes halogenated alkanes) is 2. The molecular weight excluding hydrogens is 174 g/mol. The monoisotopic (exact) mass is 197 g/mol. The van der Waals surface area contributed by atoms with Gasteiger partial charge >= 0.3 is 0 Å². The van der Waals surface area contributed by atoms with E-state index in [0.29, 0.717) is 0 Å². The zero-order valence-corrected chi connectivity index (χ0v) is 9.75. The van der Waals surface area contributed by atoms with Crippen molar-refractivity contribution < 1.29 is 4.79 Å². The second-order valence-electron chi connectivity index (χ2n) is 3.91. The van der Waals surface area contributed by atoms with Crippen LogP contribution in [-0.2, 0) is 4.79 Å². The minimum absolute atomic E-state index is 0.217. The summed E-state index contributed by atoms with van der Waals surface area (Å²) in [5.74, 6) is 0.487. The van der Waals surface area contributed by atoms with Gasteiger partial charge in [0.25, 0.3) is 0 Å². The minimum Gasteiger partial charge on any atom is -0.349 e. The molecule has 0 heterocycles. The van der Waals surface area contributed by atoms with Gasteiger partial charge < -0.3 is 4.90 Å².